The summed E-state index contributed by atoms with van der Waals surface area (Å²) in [5.74, 6) is -0.737. The molecule has 7 nitrogen and oxygen atoms in total. The van der Waals surface area contributed by atoms with E-state index in [1.54, 1.807) is 12.0 Å². The molecule has 164 valence electrons. The van der Waals surface area contributed by atoms with Gasteiger partial charge >= 0.3 is 0 Å². The molecule has 1 amide bonds. The standard InChI is InChI=1S/C24H29N3O4/c1-16(29)22-21(15-28)31-27(14-17-7-3-2-4-8-17)23(22)24(30)25-12-11-18-13-26-20-10-6-5-9-19(18)20/h2-10,13,16,21-23,26,28-29H,11-12,14-15H2,1H3,(H,25,30)/t16-,21-,22+,23-/m0/s1. The second-order valence-corrected chi connectivity index (χ2v) is 8.05. The third-order valence-corrected chi connectivity index (χ3v) is 5.93. The van der Waals surface area contributed by atoms with Crippen LogP contribution in [0.25, 0.3) is 10.9 Å². The monoisotopic (exact) mass is 423 g/mol. The molecule has 4 atom stereocenters. The molecule has 3 aromatic rings. The molecule has 4 rings (SSSR count). The second kappa shape index (κ2) is 9.62. The van der Waals surface area contributed by atoms with Gasteiger partial charge in [0.15, 0.2) is 0 Å². The summed E-state index contributed by atoms with van der Waals surface area (Å²) in [6, 6.07) is 17.1. The Kier molecular flexibility index (Phi) is 6.67. The average molecular weight is 424 g/mol. The predicted molar refractivity (Wildman–Crippen MR) is 118 cm³/mol. The van der Waals surface area contributed by atoms with Crippen molar-refractivity contribution in [3.63, 3.8) is 0 Å². The lowest BCUT2D eigenvalue weighted by Crippen LogP contribution is -2.49. The van der Waals surface area contributed by atoms with Crippen molar-refractivity contribution in [1.82, 2.24) is 15.4 Å². The van der Waals surface area contributed by atoms with Gasteiger partial charge in [-0.15, -0.1) is 0 Å². The molecule has 0 aliphatic carbocycles. The van der Waals surface area contributed by atoms with Crippen LogP contribution in [0.15, 0.2) is 60.8 Å². The van der Waals surface area contributed by atoms with Gasteiger partial charge in [0.05, 0.1) is 19.3 Å². The molecule has 0 unspecified atom stereocenters. The van der Waals surface area contributed by atoms with E-state index in [0.717, 1.165) is 22.0 Å². The number of aliphatic hydroxyl groups excluding tert-OH is 2. The number of nitrogens with one attached hydrogen (secondary N) is 2. The summed E-state index contributed by atoms with van der Waals surface area (Å²) in [6.07, 6.45) is 1.22. The van der Waals surface area contributed by atoms with Gasteiger partial charge in [-0.05, 0) is 30.5 Å². The van der Waals surface area contributed by atoms with Gasteiger partial charge in [-0.2, -0.15) is 5.06 Å². The van der Waals surface area contributed by atoms with Gasteiger partial charge in [-0.1, -0.05) is 48.5 Å². The number of fused-ring (bicyclic) bond motifs is 1. The van der Waals surface area contributed by atoms with Gasteiger partial charge in [0.2, 0.25) is 5.91 Å². The Bertz CT molecular complexity index is 1000. The van der Waals surface area contributed by atoms with E-state index >= 15 is 0 Å². The molecule has 4 N–H and O–H groups in total. The van der Waals surface area contributed by atoms with Crippen LogP contribution in [0.3, 0.4) is 0 Å². The number of H-pyrrole nitrogens is 1. The van der Waals surface area contributed by atoms with E-state index in [9.17, 15) is 15.0 Å². The number of rotatable bonds is 8. The van der Waals surface area contributed by atoms with Gasteiger partial charge in [-0.3, -0.25) is 9.63 Å². The number of aliphatic hydroxyl groups is 2. The van der Waals surface area contributed by atoms with Crippen molar-refractivity contribution in [2.45, 2.75) is 38.1 Å². The maximum atomic E-state index is 13.2. The van der Waals surface area contributed by atoms with Crippen molar-refractivity contribution in [3.8, 4) is 0 Å². The van der Waals surface area contributed by atoms with Gasteiger partial charge < -0.3 is 20.5 Å². The van der Waals surface area contributed by atoms with Crippen molar-refractivity contribution in [1.29, 1.82) is 0 Å². The third kappa shape index (κ3) is 4.65. The first kappa shape index (κ1) is 21.5. The number of carbonyl (C=O) groups excluding carboxylic acids is 1. The van der Waals surface area contributed by atoms with Crippen LogP contribution in [0.2, 0.25) is 0 Å². The minimum Gasteiger partial charge on any atom is -0.394 e. The number of nitrogens with zero attached hydrogens (tertiary/aromatic N) is 1. The van der Waals surface area contributed by atoms with E-state index in [2.05, 4.69) is 16.4 Å². The summed E-state index contributed by atoms with van der Waals surface area (Å²) in [6.45, 7) is 2.22. The summed E-state index contributed by atoms with van der Waals surface area (Å²) in [5, 5.41) is 25.9. The summed E-state index contributed by atoms with van der Waals surface area (Å²) >= 11 is 0. The largest absolute Gasteiger partial charge is 0.394 e. The molecular weight excluding hydrogens is 394 g/mol. The first-order chi connectivity index (χ1) is 15.1. The quantitative estimate of drug-likeness (QED) is 0.444. The highest BCUT2D eigenvalue weighted by atomic mass is 16.7. The van der Waals surface area contributed by atoms with E-state index < -0.39 is 24.2 Å². The molecule has 7 heteroatoms. The lowest BCUT2D eigenvalue weighted by Gasteiger charge is -2.26. The zero-order chi connectivity index (χ0) is 21.8. The Labute approximate surface area is 181 Å². The molecule has 1 aliphatic rings. The van der Waals surface area contributed by atoms with Gasteiger partial charge in [0, 0.05) is 29.6 Å². The topological polar surface area (TPSA) is 97.8 Å². The molecule has 0 radical (unpaired) electrons. The van der Waals surface area contributed by atoms with Crippen molar-refractivity contribution in [3.05, 3.63) is 71.9 Å². The summed E-state index contributed by atoms with van der Waals surface area (Å²) in [7, 11) is 0. The SMILES string of the molecule is C[C@H](O)[C@@H]1[C@H](CO)ON(Cc2ccccc2)[C@@H]1C(=O)NCCc1c[nH]c2ccccc12. The fourth-order valence-electron chi connectivity index (χ4n) is 4.40. The fourth-order valence-corrected chi connectivity index (χ4v) is 4.40. The first-order valence-electron chi connectivity index (χ1n) is 10.7. The number of para-hydroxylation sites is 1. The summed E-state index contributed by atoms with van der Waals surface area (Å²) in [4.78, 5) is 22.3. The molecule has 2 heterocycles. The van der Waals surface area contributed by atoms with Crippen LogP contribution in [0.1, 0.15) is 18.1 Å². The van der Waals surface area contributed by atoms with Gasteiger partial charge in [0.1, 0.15) is 12.1 Å². The van der Waals surface area contributed by atoms with Gasteiger partial charge in [-0.25, -0.2) is 0 Å². The molecule has 1 saturated heterocycles. The molecular formula is C24H29N3O4. The molecule has 0 spiro atoms. The van der Waals surface area contributed by atoms with Crippen LogP contribution < -0.4 is 5.32 Å². The maximum absolute atomic E-state index is 13.2. The smallest absolute Gasteiger partial charge is 0.240 e. The highest BCUT2D eigenvalue weighted by Crippen LogP contribution is 2.32. The van der Waals surface area contributed by atoms with E-state index in [-0.39, 0.29) is 12.5 Å². The minimum atomic E-state index is -0.803. The Morgan fingerprint density at radius 2 is 1.94 bits per heavy atom. The van der Waals surface area contributed by atoms with Crippen LogP contribution in [0.5, 0.6) is 0 Å². The highest BCUT2D eigenvalue weighted by molar-refractivity contribution is 5.84. The first-order valence-corrected chi connectivity index (χ1v) is 10.7. The Morgan fingerprint density at radius 1 is 1.19 bits per heavy atom. The zero-order valence-electron chi connectivity index (χ0n) is 17.6. The summed E-state index contributed by atoms with van der Waals surface area (Å²) < 4.78 is 0. The van der Waals surface area contributed by atoms with E-state index in [1.165, 1.54) is 0 Å². The summed E-state index contributed by atoms with van der Waals surface area (Å²) in [5.41, 5.74) is 3.20. The normalized spacial score (nSPS) is 22.6. The highest BCUT2D eigenvalue weighted by Gasteiger charge is 2.49. The molecule has 31 heavy (non-hydrogen) atoms. The number of carbonyl (C=O) groups is 1. The number of hydrogen-bond donors (Lipinski definition) is 4. The fraction of sp³-hybridized carbons (Fsp3) is 0.375. The van der Waals surface area contributed by atoms with Crippen LogP contribution in [0.4, 0.5) is 0 Å². The van der Waals surface area contributed by atoms with Crippen LogP contribution in [-0.4, -0.2) is 57.6 Å². The van der Waals surface area contributed by atoms with Crippen LogP contribution in [-0.2, 0) is 22.6 Å². The Balaban J connectivity index is 1.46. The second-order valence-electron chi connectivity index (χ2n) is 8.05. The number of amides is 1. The number of benzene rings is 2. The Morgan fingerprint density at radius 3 is 2.68 bits per heavy atom. The molecule has 1 aliphatic heterocycles. The van der Waals surface area contributed by atoms with E-state index in [1.807, 2.05) is 54.7 Å². The third-order valence-electron chi connectivity index (χ3n) is 5.93. The lowest BCUT2D eigenvalue weighted by molar-refractivity contribution is -0.181. The van der Waals surface area contributed by atoms with Crippen molar-refractivity contribution < 1.29 is 19.8 Å². The van der Waals surface area contributed by atoms with E-state index in [4.69, 9.17) is 4.84 Å². The minimum absolute atomic E-state index is 0.211. The van der Waals surface area contributed by atoms with Crippen LogP contribution >= 0.6 is 0 Å². The molecule has 1 fully saturated rings. The van der Waals surface area contributed by atoms with Crippen molar-refractivity contribution >= 4 is 16.8 Å². The predicted octanol–water partition coefficient (Wildman–Crippen LogP) is 2.00. The lowest BCUT2D eigenvalue weighted by atomic mass is 9.89. The molecule has 0 saturated carbocycles. The maximum Gasteiger partial charge on any atom is 0.240 e. The van der Waals surface area contributed by atoms with E-state index in [0.29, 0.717) is 19.5 Å². The molecule has 0 bridgehead atoms. The zero-order valence-corrected chi connectivity index (χ0v) is 17.6. The number of aromatic amines is 1. The van der Waals surface area contributed by atoms with Gasteiger partial charge in [0.25, 0.3) is 0 Å². The average Bonchev–Trinajstić information content (AvgIpc) is 3.36. The number of aromatic nitrogens is 1. The molecule has 1 aromatic heterocycles. The van der Waals surface area contributed by atoms with Crippen LogP contribution in [0, 0.1) is 5.92 Å². The van der Waals surface area contributed by atoms with Crippen molar-refractivity contribution in [2.24, 2.45) is 5.92 Å². The number of hydrogen-bond acceptors (Lipinski definition) is 5. The number of hydroxylamine groups is 2. The Hall–Kier alpha value is -2.71. The molecule has 2 aromatic carbocycles. The van der Waals surface area contributed by atoms with Crippen molar-refractivity contribution in [2.75, 3.05) is 13.2 Å².